The minimum atomic E-state index is -0.527. The highest BCUT2D eigenvalue weighted by molar-refractivity contribution is 6.06. The number of carbonyl (C=O) groups excluding carboxylic acids is 2. The molecule has 0 bridgehead atoms. The van der Waals surface area contributed by atoms with Crippen LogP contribution in [0.2, 0.25) is 0 Å². The summed E-state index contributed by atoms with van der Waals surface area (Å²) in [6.45, 7) is 1.46. The summed E-state index contributed by atoms with van der Waals surface area (Å²) in [6.07, 6.45) is 5.17. The van der Waals surface area contributed by atoms with Crippen LogP contribution in [0, 0.1) is 0 Å². The Bertz CT molecular complexity index is 773. The van der Waals surface area contributed by atoms with Gasteiger partial charge in [0.05, 0.1) is 36.9 Å². The van der Waals surface area contributed by atoms with E-state index >= 15 is 0 Å². The molecule has 1 aliphatic heterocycles. The van der Waals surface area contributed by atoms with Gasteiger partial charge >= 0.3 is 5.97 Å². The fraction of sp³-hybridized carbons (Fsp3) is 0.333. The molecular formula is C18H20N4O4. The molecule has 1 aromatic heterocycles. The zero-order valence-electron chi connectivity index (χ0n) is 14.4. The van der Waals surface area contributed by atoms with Crippen LogP contribution in [0.4, 0.5) is 11.5 Å². The number of hydrogen-bond acceptors (Lipinski definition) is 7. The van der Waals surface area contributed by atoms with Crippen LogP contribution in [0.3, 0.4) is 0 Å². The number of hydrogen-bond donors (Lipinski definition) is 2. The molecule has 0 saturated carbocycles. The van der Waals surface area contributed by atoms with E-state index in [9.17, 15) is 9.59 Å². The molecule has 1 amide bonds. The Morgan fingerprint density at radius 1 is 1.27 bits per heavy atom. The van der Waals surface area contributed by atoms with Crippen molar-refractivity contribution in [1.82, 2.24) is 9.97 Å². The van der Waals surface area contributed by atoms with Gasteiger partial charge in [-0.25, -0.2) is 14.8 Å². The first-order valence-corrected chi connectivity index (χ1v) is 8.33. The predicted octanol–water partition coefficient (Wildman–Crippen LogP) is 2.11. The van der Waals surface area contributed by atoms with E-state index < -0.39 is 11.9 Å². The monoisotopic (exact) mass is 356 g/mol. The SMILES string of the molecule is COC(=O)c1ccccc1NC(=O)c1cnc(NCC2CCCO2)cn1. The van der Waals surface area contributed by atoms with Gasteiger partial charge in [-0.2, -0.15) is 0 Å². The van der Waals surface area contributed by atoms with E-state index in [1.165, 1.54) is 19.5 Å². The Balaban J connectivity index is 1.62. The second kappa shape index (κ2) is 8.39. The van der Waals surface area contributed by atoms with E-state index in [1.807, 2.05) is 0 Å². The Morgan fingerprint density at radius 3 is 2.81 bits per heavy atom. The minimum absolute atomic E-state index is 0.146. The van der Waals surface area contributed by atoms with Gasteiger partial charge in [-0.05, 0) is 25.0 Å². The summed E-state index contributed by atoms with van der Waals surface area (Å²) in [5, 5.41) is 5.80. The number of nitrogens with one attached hydrogen (secondary N) is 2. The Labute approximate surface area is 150 Å². The van der Waals surface area contributed by atoms with Gasteiger partial charge in [0.2, 0.25) is 0 Å². The summed E-state index contributed by atoms with van der Waals surface area (Å²) in [7, 11) is 1.29. The highest BCUT2D eigenvalue weighted by Crippen LogP contribution is 2.17. The second-order valence-corrected chi connectivity index (χ2v) is 5.79. The molecule has 8 heteroatoms. The highest BCUT2D eigenvalue weighted by atomic mass is 16.5. The van der Waals surface area contributed by atoms with Crippen LogP contribution in [0.5, 0.6) is 0 Å². The number of rotatable bonds is 6. The van der Waals surface area contributed by atoms with Crippen LogP contribution in [-0.2, 0) is 9.47 Å². The van der Waals surface area contributed by atoms with Gasteiger partial charge in [0, 0.05) is 13.2 Å². The Hall–Kier alpha value is -3.00. The molecule has 26 heavy (non-hydrogen) atoms. The number of anilines is 2. The van der Waals surface area contributed by atoms with E-state index in [0.29, 0.717) is 18.1 Å². The maximum Gasteiger partial charge on any atom is 0.339 e. The van der Waals surface area contributed by atoms with Crippen molar-refractivity contribution in [2.24, 2.45) is 0 Å². The van der Waals surface area contributed by atoms with Gasteiger partial charge in [-0.1, -0.05) is 12.1 Å². The first-order valence-electron chi connectivity index (χ1n) is 8.33. The van der Waals surface area contributed by atoms with Crippen LogP contribution < -0.4 is 10.6 Å². The van der Waals surface area contributed by atoms with Crippen LogP contribution in [0.15, 0.2) is 36.7 Å². The molecule has 8 nitrogen and oxygen atoms in total. The molecular weight excluding hydrogens is 336 g/mol. The zero-order chi connectivity index (χ0) is 18.4. The summed E-state index contributed by atoms with van der Waals surface area (Å²) < 4.78 is 10.2. The van der Waals surface area contributed by atoms with Gasteiger partial charge in [0.25, 0.3) is 5.91 Å². The molecule has 1 atom stereocenters. The van der Waals surface area contributed by atoms with Gasteiger partial charge < -0.3 is 20.1 Å². The number of esters is 1. The number of para-hydroxylation sites is 1. The fourth-order valence-electron chi connectivity index (χ4n) is 2.63. The first-order chi connectivity index (χ1) is 12.7. The molecule has 2 N–H and O–H groups in total. The highest BCUT2D eigenvalue weighted by Gasteiger charge is 2.17. The van der Waals surface area contributed by atoms with Gasteiger partial charge in [-0.15, -0.1) is 0 Å². The van der Waals surface area contributed by atoms with Crippen LogP contribution >= 0.6 is 0 Å². The van der Waals surface area contributed by atoms with Crippen LogP contribution in [0.25, 0.3) is 0 Å². The standard InChI is InChI=1S/C18H20N4O4/c1-25-18(24)13-6-2-3-7-14(13)22-17(23)15-10-21-16(11-19-15)20-9-12-5-4-8-26-12/h2-3,6-7,10-12H,4-5,8-9H2,1H3,(H,20,21)(H,22,23). The van der Waals surface area contributed by atoms with Crippen molar-refractivity contribution in [1.29, 1.82) is 0 Å². The number of benzene rings is 1. The van der Waals surface area contributed by atoms with Crippen LogP contribution in [-0.4, -0.2) is 48.2 Å². The van der Waals surface area contributed by atoms with Crippen molar-refractivity contribution in [2.75, 3.05) is 30.9 Å². The van der Waals surface area contributed by atoms with Crippen molar-refractivity contribution < 1.29 is 19.1 Å². The average molecular weight is 356 g/mol. The number of carbonyl (C=O) groups is 2. The largest absolute Gasteiger partial charge is 0.465 e. The third-order valence-electron chi connectivity index (χ3n) is 4.00. The summed E-state index contributed by atoms with van der Waals surface area (Å²) >= 11 is 0. The minimum Gasteiger partial charge on any atom is -0.465 e. The number of amides is 1. The number of aromatic nitrogens is 2. The lowest BCUT2D eigenvalue weighted by Crippen LogP contribution is -2.20. The van der Waals surface area contributed by atoms with E-state index in [0.717, 1.165) is 19.4 Å². The summed E-state index contributed by atoms with van der Waals surface area (Å²) in [5.74, 6) is -0.410. The molecule has 0 aliphatic carbocycles. The van der Waals surface area contributed by atoms with Crippen molar-refractivity contribution in [3.05, 3.63) is 47.9 Å². The quantitative estimate of drug-likeness (QED) is 0.764. The van der Waals surface area contributed by atoms with E-state index in [1.54, 1.807) is 24.3 Å². The topological polar surface area (TPSA) is 102 Å². The molecule has 3 rings (SSSR count). The first kappa shape index (κ1) is 17.8. The van der Waals surface area contributed by atoms with Gasteiger partial charge in [0.1, 0.15) is 11.5 Å². The van der Waals surface area contributed by atoms with E-state index in [4.69, 9.17) is 9.47 Å². The third-order valence-corrected chi connectivity index (χ3v) is 4.00. The molecule has 1 fully saturated rings. The van der Waals surface area contributed by atoms with Crippen LogP contribution in [0.1, 0.15) is 33.7 Å². The van der Waals surface area contributed by atoms with Crippen molar-refractivity contribution in [2.45, 2.75) is 18.9 Å². The summed E-state index contributed by atoms with van der Waals surface area (Å²) in [5.41, 5.74) is 0.769. The van der Waals surface area contributed by atoms with Gasteiger partial charge in [0.15, 0.2) is 0 Å². The number of ether oxygens (including phenoxy) is 2. The van der Waals surface area contributed by atoms with Crippen molar-refractivity contribution in [3.8, 4) is 0 Å². The molecule has 2 aromatic rings. The van der Waals surface area contributed by atoms with E-state index in [-0.39, 0.29) is 17.4 Å². The van der Waals surface area contributed by atoms with Gasteiger partial charge in [-0.3, -0.25) is 4.79 Å². The molecule has 0 spiro atoms. The normalized spacial score (nSPS) is 16.1. The lowest BCUT2D eigenvalue weighted by Gasteiger charge is -2.11. The summed E-state index contributed by atoms with van der Waals surface area (Å²) in [4.78, 5) is 32.4. The summed E-state index contributed by atoms with van der Waals surface area (Å²) in [6, 6.07) is 6.60. The third kappa shape index (κ3) is 4.34. The maximum atomic E-state index is 12.3. The van der Waals surface area contributed by atoms with Crippen molar-refractivity contribution in [3.63, 3.8) is 0 Å². The van der Waals surface area contributed by atoms with Crippen molar-refractivity contribution >= 4 is 23.4 Å². The predicted molar refractivity (Wildman–Crippen MR) is 95.2 cm³/mol. The average Bonchev–Trinajstić information content (AvgIpc) is 3.20. The lowest BCUT2D eigenvalue weighted by atomic mass is 10.1. The Kier molecular flexibility index (Phi) is 5.75. The van der Waals surface area contributed by atoms with E-state index in [2.05, 4.69) is 20.6 Å². The lowest BCUT2D eigenvalue weighted by molar-refractivity contribution is 0.0602. The number of nitrogens with zero attached hydrogens (tertiary/aromatic N) is 2. The molecule has 0 radical (unpaired) electrons. The Morgan fingerprint density at radius 2 is 2.12 bits per heavy atom. The molecule has 2 heterocycles. The maximum absolute atomic E-state index is 12.3. The molecule has 1 saturated heterocycles. The fourth-order valence-corrected chi connectivity index (χ4v) is 2.63. The zero-order valence-corrected chi connectivity index (χ0v) is 14.4. The molecule has 136 valence electrons. The molecule has 1 aromatic carbocycles. The molecule has 1 aliphatic rings. The molecule has 1 unspecified atom stereocenters. The second-order valence-electron chi connectivity index (χ2n) is 5.79. The number of methoxy groups -OCH3 is 1. The smallest absolute Gasteiger partial charge is 0.339 e.